The third kappa shape index (κ3) is 4.48. The van der Waals surface area contributed by atoms with Gasteiger partial charge in [0.25, 0.3) is 0 Å². The maximum atomic E-state index is 12.2. The lowest BCUT2D eigenvalue weighted by molar-refractivity contribution is -0.133. The number of ether oxygens (including phenoxy) is 2. The van der Waals surface area contributed by atoms with E-state index in [1.54, 1.807) is 26.0 Å². The van der Waals surface area contributed by atoms with E-state index in [9.17, 15) is 9.59 Å². The van der Waals surface area contributed by atoms with Gasteiger partial charge in [-0.15, -0.1) is 0 Å². The molecular weight excluding hydrogens is 270 g/mol. The zero-order valence-corrected chi connectivity index (χ0v) is 13.1. The van der Waals surface area contributed by atoms with E-state index in [0.29, 0.717) is 24.6 Å². The van der Waals surface area contributed by atoms with Gasteiger partial charge in [0.05, 0.1) is 12.3 Å². The quantitative estimate of drug-likeness (QED) is 0.593. The van der Waals surface area contributed by atoms with Crippen molar-refractivity contribution in [3.05, 3.63) is 23.8 Å². The van der Waals surface area contributed by atoms with Crippen LogP contribution < -0.4 is 9.64 Å². The van der Waals surface area contributed by atoms with Crippen LogP contribution in [0.25, 0.3) is 0 Å². The molecule has 1 amide bonds. The Morgan fingerprint density at radius 2 is 1.90 bits per heavy atom. The lowest BCUT2D eigenvalue weighted by atomic mass is 10.1. The topological polar surface area (TPSA) is 55.8 Å². The van der Waals surface area contributed by atoms with E-state index in [1.165, 1.54) is 4.90 Å². The molecule has 0 heterocycles. The zero-order valence-electron chi connectivity index (χ0n) is 13.1. The first-order valence-corrected chi connectivity index (χ1v) is 7.29. The molecule has 5 heteroatoms. The third-order valence-electron chi connectivity index (χ3n) is 2.92. The predicted octanol–water partition coefficient (Wildman–Crippen LogP) is 3.68. The minimum atomic E-state index is -0.428. The summed E-state index contributed by atoms with van der Waals surface area (Å²) in [4.78, 5) is 25.2. The van der Waals surface area contributed by atoms with Gasteiger partial charge < -0.3 is 9.47 Å². The second-order valence-corrected chi connectivity index (χ2v) is 4.60. The van der Waals surface area contributed by atoms with Crippen LogP contribution in [0.3, 0.4) is 0 Å². The average molecular weight is 293 g/mol. The molecule has 116 valence electrons. The first-order chi connectivity index (χ1) is 10.0. The normalized spacial score (nSPS) is 10.1. The van der Waals surface area contributed by atoms with Crippen LogP contribution in [0.15, 0.2) is 18.2 Å². The van der Waals surface area contributed by atoms with Crippen LogP contribution in [0.2, 0.25) is 0 Å². The number of benzene rings is 1. The third-order valence-corrected chi connectivity index (χ3v) is 2.92. The molecule has 0 aliphatic heterocycles. The van der Waals surface area contributed by atoms with Gasteiger partial charge in [-0.1, -0.05) is 26.0 Å². The van der Waals surface area contributed by atoms with Gasteiger partial charge in [0.1, 0.15) is 0 Å². The Morgan fingerprint density at radius 1 is 1.19 bits per heavy atom. The summed E-state index contributed by atoms with van der Waals surface area (Å²) in [7, 11) is 0. The van der Waals surface area contributed by atoms with Crippen molar-refractivity contribution in [3.63, 3.8) is 0 Å². The molecule has 1 aromatic carbocycles. The number of carbonyl (C=O) groups excluding carboxylic acids is 2. The Kier molecular flexibility index (Phi) is 6.72. The van der Waals surface area contributed by atoms with Gasteiger partial charge >= 0.3 is 12.1 Å². The standard InChI is InChI=1S/C16H23NO4/c1-5-11-17(16(19)20-7-3)15-12(4)9-8-10-13(15)21-14(18)6-2/h8-10H,5-7,11H2,1-4H3. The van der Waals surface area contributed by atoms with E-state index < -0.39 is 6.09 Å². The summed E-state index contributed by atoms with van der Waals surface area (Å²) >= 11 is 0. The number of hydrogen-bond acceptors (Lipinski definition) is 4. The molecule has 0 bridgehead atoms. The van der Waals surface area contributed by atoms with Crippen molar-refractivity contribution in [3.8, 4) is 5.75 Å². The number of nitrogens with zero attached hydrogens (tertiary/aromatic N) is 1. The van der Waals surface area contributed by atoms with Gasteiger partial charge in [-0.2, -0.15) is 0 Å². The SMILES string of the molecule is CCCN(C(=O)OCC)c1c(C)cccc1OC(=O)CC. The molecule has 0 aliphatic rings. The molecule has 21 heavy (non-hydrogen) atoms. The maximum Gasteiger partial charge on any atom is 0.414 e. The highest BCUT2D eigenvalue weighted by Gasteiger charge is 2.22. The van der Waals surface area contributed by atoms with E-state index in [0.717, 1.165) is 12.0 Å². The van der Waals surface area contributed by atoms with Gasteiger partial charge in [-0.3, -0.25) is 9.69 Å². The van der Waals surface area contributed by atoms with Crippen LogP contribution in [-0.2, 0) is 9.53 Å². The number of rotatable bonds is 6. The highest BCUT2D eigenvalue weighted by molar-refractivity contribution is 5.91. The molecule has 0 atom stereocenters. The second-order valence-electron chi connectivity index (χ2n) is 4.60. The maximum absolute atomic E-state index is 12.2. The van der Waals surface area contributed by atoms with Crippen molar-refractivity contribution in [2.24, 2.45) is 0 Å². The highest BCUT2D eigenvalue weighted by Crippen LogP contribution is 2.33. The van der Waals surface area contributed by atoms with Crippen molar-refractivity contribution >= 4 is 17.7 Å². The zero-order chi connectivity index (χ0) is 15.8. The average Bonchev–Trinajstić information content (AvgIpc) is 2.46. The first-order valence-electron chi connectivity index (χ1n) is 7.29. The summed E-state index contributed by atoms with van der Waals surface area (Å²) in [6.45, 7) is 8.14. The molecule has 1 aromatic rings. The first kappa shape index (κ1) is 17.0. The molecule has 0 aromatic heterocycles. The summed E-state index contributed by atoms with van der Waals surface area (Å²) < 4.78 is 10.4. The molecule has 0 fully saturated rings. The summed E-state index contributed by atoms with van der Waals surface area (Å²) in [5, 5.41) is 0. The lowest BCUT2D eigenvalue weighted by Crippen LogP contribution is -2.33. The molecule has 0 aliphatic carbocycles. The minimum absolute atomic E-state index is 0.278. The summed E-state index contributed by atoms with van der Waals surface area (Å²) in [5.41, 5.74) is 1.46. The second kappa shape index (κ2) is 8.29. The Balaban J connectivity index is 3.21. The van der Waals surface area contributed by atoms with Crippen LogP contribution in [0.4, 0.5) is 10.5 Å². The Hall–Kier alpha value is -2.04. The Morgan fingerprint density at radius 3 is 2.48 bits per heavy atom. The van der Waals surface area contributed by atoms with Crippen LogP contribution in [0.1, 0.15) is 39.2 Å². The fraction of sp³-hybridized carbons (Fsp3) is 0.500. The highest BCUT2D eigenvalue weighted by atomic mass is 16.6. The molecule has 0 saturated heterocycles. The molecular formula is C16H23NO4. The number of hydrogen-bond donors (Lipinski definition) is 0. The fourth-order valence-electron chi connectivity index (χ4n) is 1.97. The van der Waals surface area contributed by atoms with Crippen LogP contribution >= 0.6 is 0 Å². The Labute approximate surface area is 125 Å². The monoisotopic (exact) mass is 293 g/mol. The largest absolute Gasteiger partial charge is 0.449 e. The Bertz CT molecular complexity index is 499. The number of amides is 1. The number of carbonyl (C=O) groups is 2. The minimum Gasteiger partial charge on any atom is -0.449 e. The molecule has 0 radical (unpaired) electrons. The molecule has 0 spiro atoms. The van der Waals surface area contributed by atoms with Gasteiger partial charge in [0.2, 0.25) is 0 Å². The van der Waals surface area contributed by atoms with E-state index in [-0.39, 0.29) is 12.4 Å². The van der Waals surface area contributed by atoms with Crippen LogP contribution in [0, 0.1) is 6.92 Å². The summed E-state index contributed by atoms with van der Waals surface area (Å²) in [5.74, 6) is 0.0607. The molecule has 5 nitrogen and oxygen atoms in total. The number of anilines is 1. The van der Waals surface area contributed by atoms with Gasteiger partial charge in [0, 0.05) is 13.0 Å². The van der Waals surface area contributed by atoms with Crippen LogP contribution in [0.5, 0.6) is 5.75 Å². The summed E-state index contributed by atoms with van der Waals surface area (Å²) in [6.07, 6.45) is 0.622. The number of aryl methyl sites for hydroxylation is 1. The van der Waals surface area contributed by atoms with Crippen molar-refractivity contribution in [1.29, 1.82) is 0 Å². The van der Waals surface area contributed by atoms with Crippen molar-refractivity contribution in [2.45, 2.75) is 40.5 Å². The summed E-state index contributed by atoms with van der Waals surface area (Å²) in [6, 6.07) is 5.37. The van der Waals surface area contributed by atoms with E-state index in [4.69, 9.17) is 9.47 Å². The van der Waals surface area contributed by atoms with E-state index in [1.807, 2.05) is 19.9 Å². The molecule has 0 N–H and O–H groups in total. The number of para-hydroxylation sites is 1. The van der Waals surface area contributed by atoms with Crippen molar-refractivity contribution in [1.82, 2.24) is 0 Å². The van der Waals surface area contributed by atoms with Gasteiger partial charge in [-0.05, 0) is 31.9 Å². The van der Waals surface area contributed by atoms with E-state index >= 15 is 0 Å². The van der Waals surface area contributed by atoms with Crippen molar-refractivity contribution in [2.75, 3.05) is 18.1 Å². The van der Waals surface area contributed by atoms with Crippen LogP contribution in [-0.4, -0.2) is 25.2 Å². The number of esters is 1. The van der Waals surface area contributed by atoms with Gasteiger partial charge in [0.15, 0.2) is 5.75 Å². The lowest BCUT2D eigenvalue weighted by Gasteiger charge is -2.25. The molecule has 1 rings (SSSR count). The molecule has 0 unspecified atom stereocenters. The van der Waals surface area contributed by atoms with Gasteiger partial charge in [-0.25, -0.2) is 4.79 Å². The molecule has 0 saturated carbocycles. The smallest absolute Gasteiger partial charge is 0.414 e. The van der Waals surface area contributed by atoms with Crippen molar-refractivity contribution < 1.29 is 19.1 Å². The predicted molar refractivity (Wildman–Crippen MR) is 81.8 cm³/mol. The fourth-order valence-corrected chi connectivity index (χ4v) is 1.97. The van der Waals surface area contributed by atoms with E-state index in [2.05, 4.69) is 0 Å².